The number of benzene rings is 2. The van der Waals surface area contributed by atoms with Gasteiger partial charge in [0, 0.05) is 10.6 Å². The molecule has 0 saturated carbocycles. The predicted octanol–water partition coefficient (Wildman–Crippen LogP) is 3.12. The van der Waals surface area contributed by atoms with Crippen LogP contribution in [0, 0.1) is 0 Å². The van der Waals surface area contributed by atoms with Crippen LogP contribution in [-0.4, -0.2) is 21.3 Å². The standard InChI is InChI=1S/C13H9ClO4/c14-11-4-2-8(15)6-10(11)7-1-3-9(13(17)18)12(16)5-7/h1-6,15-16H,(H,17,18). The molecule has 0 fully saturated rings. The van der Waals surface area contributed by atoms with Gasteiger partial charge in [0.1, 0.15) is 17.1 Å². The summed E-state index contributed by atoms with van der Waals surface area (Å²) in [6, 6.07) is 8.50. The molecule has 0 aliphatic carbocycles. The van der Waals surface area contributed by atoms with E-state index >= 15 is 0 Å². The third kappa shape index (κ3) is 2.24. The maximum atomic E-state index is 10.8. The van der Waals surface area contributed by atoms with Crippen LogP contribution in [0.15, 0.2) is 36.4 Å². The average Bonchev–Trinajstić information content (AvgIpc) is 2.31. The SMILES string of the molecule is O=C(O)c1ccc(-c2cc(O)ccc2Cl)cc1O. The Morgan fingerprint density at radius 2 is 1.78 bits per heavy atom. The van der Waals surface area contributed by atoms with Crippen LogP contribution in [0.4, 0.5) is 0 Å². The van der Waals surface area contributed by atoms with Crippen molar-refractivity contribution in [2.75, 3.05) is 0 Å². The van der Waals surface area contributed by atoms with Crippen LogP contribution in [0.3, 0.4) is 0 Å². The molecule has 2 aromatic carbocycles. The summed E-state index contributed by atoms with van der Waals surface area (Å²) in [6.07, 6.45) is 0. The van der Waals surface area contributed by atoms with Crippen molar-refractivity contribution in [2.45, 2.75) is 0 Å². The Balaban J connectivity index is 2.55. The smallest absolute Gasteiger partial charge is 0.339 e. The third-order valence-electron chi connectivity index (χ3n) is 2.49. The Labute approximate surface area is 108 Å². The highest BCUT2D eigenvalue weighted by Gasteiger charge is 2.12. The summed E-state index contributed by atoms with van der Waals surface area (Å²) in [4.78, 5) is 10.8. The van der Waals surface area contributed by atoms with Crippen molar-refractivity contribution < 1.29 is 20.1 Å². The van der Waals surface area contributed by atoms with Crippen LogP contribution < -0.4 is 0 Å². The topological polar surface area (TPSA) is 77.8 Å². The molecule has 2 rings (SSSR count). The van der Waals surface area contributed by atoms with Gasteiger partial charge in [-0.05, 0) is 35.9 Å². The average molecular weight is 265 g/mol. The van der Waals surface area contributed by atoms with Gasteiger partial charge in [-0.15, -0.1) is 0 Å². The molecule has 5 heteroatoms. The molecule has 0 aromatic heterocycles. The zero-order valence-electron chi connectivity index (χ0n) is 9.09. The van der Waals surface area contributed by atoms with Gasteiger partial charge in [-0.2, -0.15) is 0 Å². The van der Waals surface area contributed by atoms with Crippen LogP contribution in [-0.2, 0) is 0 Å². The van der Waals surface area contributed by atoms with Crippen LogP contribution in [0.5, 0.6) is 11.5 Å². The Hall–Kier alpha value is -2.20. The summed E-state index contributed by atoms with van der Waals surface area (Å²) in [6.45, 7) is 0. The summed E-state index contributed by atoms with van der Waals surface area (Å²) in [7, 11) is 0. The first-order valence-corrected chi connectivity index (χ1v) is 5.42. The van der Waals surface area contributed by atoms with Gasteiger partial charge in [-0.25, -0.2) is 4.79 Å². The first-order chi connectivity index (χ1) is 8.49. The van der Waals surface area contributed by atoms with E-state index in [1.807, 2.05) is 0 Å². The number of rotatable bonds is 2. The number of hydrogen-bond acceptors (Lipinski definition) is 3. The maximum Gasteiger partial charge on any atom is 0.339 e. The van der Waals surface area contributed by atoms with E-state index in [1.165, 1.54) is 36.4 Å². The number of carboxylic acid groups (broad SMARTS) is 1. The Bertz CT molecular complexity index is 622. The highest BCUT2D eigenvalue weighted by Crippen LogP contribution is 2.33. The molecule has 92 valence electrons. The number of halogens is 1. The molecular weight excluding hydrogens is 256 g/mol. The zero-order valence-corrected chi connectivity index (χ0v) is 9.85. The number of phenolic OH excluding ortho intramolecular Hbond substituents is 1. The minimum Gasteiger partial charge on any atom is -0.508 e. The van der Waals surface area contributed by atoms with Gasteiger partial charge in [0.15, 0.2) is 0 Å². The van der Waals surface area contributed by atoms with Gasteiger partial charge in [0.2, 0.25) is 0 Å². The second-order valence-corrected chi connectivity index (χ2v) is 4.11. The van der Waals surface area contributed by atoms with E-state index in [-0.39, 0.29) is 17.1 Å². The van der Waals surface area contributed by atoms with Gasteiger partial charge in [0.05, 0.1) is 0 Å². The Morgan fingerprint density at radius 1 is 1.06 bits per heavy atom. The molecule has 4 nitrogen and oxygen atoms in total. The van der Waals surface area contributed by atoms with Crippen molar-refractivity contribution in [3.05, 3.63) is 47.0 Å². The van der Waals surface area contributed by atoms with Crippen LogP contribution in [0.1, 0.15) is 10.4 Å². The van der Waals surface area contributed by atoms with E-state index in [2.05, 4.69) is 0 Å². The Morgan fingerprint density at radius 3 is 2.39 bits per heavy atom. The van der Waals surface area contributed by atoms with E-state index in [9.17, 15) is 15.0 Å². The number of aromatic hydroxyl groups is 2. The van der Waals surface area contributed by atoms with Gasteiger partial charge >= 0.3 is 5.97 Å². The van der Waals surface area contributed by atoms with Crippen molar-refractivity contribution >= 4 is 17.6 Å². The molecule has 0 bridgehead atoms. The lowest BCUT2D eigenvalue weighted by molar-refractivity contribution is 0.0694. The summed E-state index contributed by atoms with van der Waals surface area (Å²) in [5, 5.41) is 28.2. The van der Waals surface area contributed by atoms with Gasteiger partial charge in [0.25, 0.3) is 0 Å². The lowest BCUT2D eigenvalue weighted by Crippen LogP contribution is -1.96. The van der Waals surface area contributed by atoms with Crippen molar-refractivity contribution in [2.24, 2.45) is 0 Å². The number of carbonyl (C=O) groups is 1. The van der Waals surface area contributed by atoms with E-state index in [0.29, 0.717) is 16.1 Å². The highest BCUT2D eigenvalue weighted by atomic mass is 35.5. The molecule has 0 spiro atoms. The lowest BCUT2D eigenvalue weighted by atomic mass is 10.0. The second kappa shape index (κ2) is 4.58. The third-order valence-corrected chi connectivity index (χ3v) is 2.82. The lowest BCUT2D eigenvalue weighted by Gasteiger charge is -2.07. The molecule has 0 radical (unpaired) electrons. The van der Waals surface area contributed by atoms with Crippen molar-refractivity contribution in [3.8, 4) is 22.6 Å². The van der Waals surface area contributed by atoms with Crippen LogP contribution in [0.2, 0.25) is 5.02 Å². The molecule has 0 atom stereocenters. The molecular formula is C13H9ClO4. The quantitative estimate of drug-likeness (QED) is 0.779. The Kier molecular flexibility index (Phi) is 3.12. The first kappa shape index (κ1) is 12.3. The summed E-state index contributed by atoms with van der Waals surface area (Å²) in [5.74, 6) is -1.52. The van der Waals surface area contributed by atoms with Gasteiger partial charge < -0.3 is 15.3 Å². The summed E-state index contributed by atoms with van der Waals surface area (Å²) >= 11 is 5.98. The maximum absolute atomic E-state index is 10.8. The first-order valence-electron chi connectivity index (χ1n) is 5.04. The van der Waals surface area contributed by atoms with E-state index in [4.69, 9.17) is 16.7 Å². The summed E-state index contributed by atoms with van der Waals surface area (Å²) in [5.41, 5.74) is 0.859. The van der Waals surface area contributed by atoms with Crippen molar-refractivity contribution in [1.29, 1.82) is 0 Å². The molecule has 18 heavy (non-hydrogen) atoms. The number of hydrogen-bond donors (Lipinski definition) is 3. The van der Waals surface area contributed by atoms with Crippen molar-refractivity contribution in [1.82, 2.24) is 0 Å². The van der Waals surface area contributed by atoms with E-state index in [0.717, 1.165) is 0 Å². The van der Waals surface area contributed by atoms with E-state index in [1.54, 1.807) is 0 Å². The van der Waals surface area contributed by atoms with Crippen molar-refractivity contribution in [3.63, 3.8) is 0 Å². The van der Waals surface area contributed by atoms with Gasteiger partial charge in [-0.3, -0.25) is 0 Å². The molecule has 0 aliphatic rings. The van der Waals surface area contributed by atoms with Gasteiger partial charge in [-0.1, -0.05) is 17.7 Å². The molecule has 0 aliphatic heterocycles. The normalized spacial score (nSPS) is 10.3. The number of carboxylic acids is 1. The fraction of sp³-hybridized carbons (Fsp3) is 0. The monoisotopic (exact) mass is 264 g/mol. The minimum absolute atomic E-state index is 0.0381. The van der Waals surface area contributed by atoms with Crippen LogP contribution in [0.25, 0.3) is 11.1 Å². The zero-order chi connectivity index (χ0) is 13.3. The minimum atomic E-state index is -1.21. The fourth-order valence-corrected chi connectivity index (χ4v) is 1.84. The molecule has 0 amide bonds. The second-order valence-electron chi connectivity index (χ2n) is 3.70. The predicted molar refractivity (Wildman–Crippen MR) is 67.2 cm³/mol. The molecule has 0 unspecified atom stereocenters. The fourth-order valence-electron chi connectivity index (χ4n) is 1.61. The summed E-state index contributed by atoms with van der Waals surface area (Å²) < 4.78 is 0. The van der Waals surface area contributed by atoms with E-state index < -0.39 is 5.97 Å². The molecule has 0 heterocycles. The van der Waals surface area contributed by atoms with Crippen LogP contribution >= 0.6 is 11.6 Å². The molecule has 2 aromatic rings. The molecule has 0 saturated heterocycles. The highest BCUT2D eigenvalue weighted by molar-refractivity contribution is 6.33. The largest absolute Gasteiger partial charge is 0.508 e. The molecule has 3 N–H and O–H groups in total. The number of phenols is 2. The number of aromatic carboxylic acids is 1.